The summed E-state index contributed by atoms with van der Waals surface area (Å²) in [4.78, 5) is 0. The normalized spacial score (nSPS) is 29.3. The Balaban J connectivity index is 1.99. The van der Waals surface area contributed by atoms with E-state index in [1.54, 1.807) is 11.1 Å². The van der Waals surface area contributed by atoms with Crippen LogP contribution in [0.2, 0.25) is 0 Å². The van der Waals surface area contributed by atoms with Gasteiger partial charge in [0.1, 0.15) is 0 Å². The standard InChI is InChI=1S/C24H42/c1-8-24(9-2)14-11-20(12-15-24)10-13-23(7)17-21(19(3)4)16-22(5,6)18-23/h11,16,19H,8-10,12-15,17-18H2,1-7H3. The Labute approximate surface area is 152 Å². The van der Waals surface area contributed by atoms with Gasteiger partial charge in [-0.3, -0.25) is 0 Å². The molecule has 0 heterocycles. The second-order valence-electron chi connectivity index (χ2n) is 10.3. The number of rotatable bonds is 6. The van der Waals surface area contributed by atoms with Gasteiger partial charge in [-0.25, -0.2) is 0 Å². The summed E-state index contributed by atoms with van der Waals surface area (Å²) in [5.41, 5.74) is 4.93. The van der Waals surface area contributed by atoms with Crippen molar-refractivity contribution in [1.82, 2.24) is 0 Å². The maximum absolute atomic E-state index is 2.62. The van der Waals surface area contributed by atoms with Crippen LogP contribution in [0, 0.1) is 22.2 Å². The van der Waals surface area contributed by atoms with E-state index in [2.05, 4.69) is 60.6 Å². The van der Waals surface area contributed by atoms with Crippen LogP contribution in [-0.4, -0.2) is 0 Å². The van der Waals surface area contributed by atoms with Gasteiger partial charge in [0, 0.05) is 0 Å². The van der Waals surface area contributed by atoms with Crippen LogP contribution in [0.15, 0.2) is 23.3 Å². The van der Waals surface area contributed by atoms with Crippen LogP contribution in [0.5, 0.6) is 0 Å². The molecule has 2 aliphatic rings. The van der Waals surface area contributed by atoms with Gasteiger partial charge >= 0.3 is 0 Å². The Morgan fingerprint density at radius 2 is 1.75 bits per heavy atom. The summed E-state index contributed by atoms with van der Waals surface area (Å²) >= 11 is 0. The molecule has 2 aliphatic carbocycles. The van der Waals surface area contributed by atoms with Gasteiger partial charge in [0.05, 0.1) is 0 Å². The van der Waals surface area contributed by atoms with Crippen molar-refractivity contribution in [1.29, 1.82) is 0 Å². The monoisotopic (exact) mass is 330 g/mol. The highest BCUT2D eigenvalue weighted by Gasteiger charge is 2.37. The van der Waals surface area contributed by atoms with Crippen molar-refractivity contribution in [3.8, 4) is 0 Å². The highest BCUT2D eigenvalue weighted by Crippen LogP contribution is 2.50. The smallest absolute Gasteiger partial charge is 0.0167 e. The van der Waals surface area contributed by atoms with Gasteiger partial charge in [-0.05, 0) is 67.1 Å². The fraction of sp³-hybridized carbons (Fsp3) is 0.833. The molecule has 0 aromatic rings. The second-order valence-corrected chi connectivity index (χ2v) is 10.3. The minimum Gasteiger partial charge on any atom is -0.0848 e. The maximum atomic E-state index is 2.62. The molecule has 0 heteroatoms. The molecule has 0 fully saturated rings. The first-order chi connectivity index (χ1) is 11.1. The van der Waals surface area contributed by atoms with Gasteiger partial charge in [0.25, 0.3) is 0 Å². The predicted molar refractivity (Wildman–Crippen MR) is 108 cm³/mol. The zero-order valence-electron chi connectivity index (χ0n) is 17.6. The van der Waals surface area contributed by atoms with Gasteiger partial charge < -0.3 is 0 Å². The molecule has 0 N–H and O–H groups in total. The van der Waals surface area contributed by atoms with Crippen molar-refractivity contribution in [2.45, 2.75) is 106 Å². The predicted octanol–water partition coefficient (Wildman–Crippen LogP) is 8.09. The zero-order valence-corrected chi connectivity index (χ0v) is 17.6. The number of hydrogen-bond acceptors (Lipinski definition) is 0. The van der Waals surface area contributed by atoms with E-state index >= 15 is 0 Å². The Morgan fingerprint density at radius 3 is 2.25 bits per heavy atom. The Morgan fingerprint density at radius 1 is 1.08 bits per heavy atom. The molecule has 24 heavy (non-hydrogen) atoms. The lowest BCUT2D eigenvalue weighted by Gasteiger charge is -2.43. The van der Waals surface area contributed by atoms with Crippen LogP contribution in [0.1, 0.15) is 106 Å². The lowest BCUT2D eigenvalue weighted by Crippen LogP contribution is -2.31. The fourth-order valence-corrected chi connectivity index (χ4v) is 5.38. The van der Waals surface area contributed by atoms with E-state index in [4.69, 9.17) is 0 Å². The largest absolute Gasteiger partial charge is 0.0848 e. The summed E-state index contributed by atoms with van der Waals surface area (Å²) in [5.74, 6) is 0.701. The Bertz CT molecular complexity index is 484. The van der Waals surface area contributed by atoms with Crippen molar-refractivity contribution in [2.75, 3.05) is 0 Å². The Kier molecular flexibility index (Phi) is 6.09. The van der Waals surface area contributed by atoms with Gasteiger partial charge in [-0.1, -0.05) is 84.6 Å². The summed E-state index contributed by atoms with van der Waals surface area (Å²) in [7, 11) is 0. The average molecular weight is 331 g/mol. The van der Waals surface area contributed by atoms with Crippen molar-refractivity contribution in [2.24, 2.45) is 22.2 Å². The van der Waals surface area contributed by atoms with E-state index < -0.39 is 0 Å². The minimum atomic E-state index is 0.368. The van der Waals surface area contributed by atoms with Crippen molar-refractivity contribution in [3.05, 3.63) is 23.3 Å². The van der Waals surface area contributed by atoms with E-state index in [0.29, 0.717) is 22.2 Å². The molecule has 0 bridgehead atoms. The summed E-state index contributed by atoms with van der Waals surface area (Å²) in [6.07, 6.45) is 17.4. The number of hydrogen-bond donors (Lipinski definition) is 0. The number of allylic oxidation sites excluding steroid dienone is 4. The molecule has 0 amide bonds. The zero-order chi connectivity index (χ0) is 18.0. The highest BCUT2D eigenvalue weighted by atomic mass is 14.4. The molecule has 1 unspecified atom stereocenters. The van der Waals surface area contributed by atoms with Crippen LogP contribution in [0.25, 0.3) is 0 Å². The van der Waals surface area contributed by atoms with E-state index in [1.807, 2.05) is 0 Å². The summed E-state index contributed by atoms with van der Waals surface area (Å²) in [6, 6.07) is 0. The SMILES string of the molecule is CCC1(CC)CC=C(CCC2(C)CC(C(C)C)=CC(C)(C)C2)CC1. The minimum absolute atomic E-state index is 0.368. The third kappa shape index (κ3) is 4.77. The van der Waals surface area contributed by atoms with Crippen molar-refractivity contribution < 1.29 is 0 Å². The molecule has 0 aromatic heterocycles. The van der Waals surface area contributed by atoms with Crippen LogP contribution < -0.4 is 0 Å². The van der Waals surface area contributed by atoms with E-state index in [-0.39, 0.29) is 0 Å². The molecule has 0 nitrogen and oxygen atoms in total. The van der Waals surface area contributed by atoms with Crippen LogP contribution >= 0.6 is 0 Å². The molecule has 0 radical (unpaired) electrons. The van der Waals surface area contributed by atoms with Gasteiger partial charge in [-0.15, -0.1) is 0 Å². The van der Waals surface area contributed by atoms with Crippen LogP contribution in [0.4, 0.5) is 0 Å². The Hall–Kier alpha value is -0.520. The highest BCUT2D eigenvalue weighted by molar-refractivity contribution is 5.18. The molecule has 0 spiro atoms. The molecule has 0 saturated heterocycles. The lowest BCUT2D eigenvalue weighted by atomic mass is 9.62. The van der Waals surface area contributed by atoms with Gasteiger partial charge in [-0.2, -0.15) is 0 Å². The van der Waals surface area contributed by atoms with E-state index in [0.717, 1.165) is 0 Å². The molecular formula is C24H42. The molecule has 0 aromatic carbocycles. The molecule has 2 rings (SSSR count). The van der Waals surface area contributed by atoms with Crippen molar-refractivity contribution >= 4 is 0 Å². The quantitative estimate of drug-likeness (QED) is 0.432. The summed E-state index contributed by atoms with van der Waals surface area (Å²) in [5, 5.41) is 0. The topological polar surface area (TPSA) is 0 Å². The second kappa shape index (κ2) is 7.38. The van der Waals surface area contributed by atoms with Crippen LogP contribution in [-0.2, 0) is 0 Å². The van der Waals surface area contributed by atoms with Crippen LogP contribution in [0.3, 0.4) is 0 Å². The first-order valence-corrected chi connectivity index (χ1v) is 10.5. The summed E-state index contributed by atoms with van der Waals surface area (Å²) in [6.45, 7) is 16.9. The molecular weight excluding hydrogens is 288 g/mol. The van der Waals surface area contributed by atoms with Crippen molar-refractivity contribution in [3.63, 3.8) is 0 Å². The lowest BCUT2D eigenvalue weighted by molar-refractivity contribution is 0.169. The fourth-order valence-electron chi connectivity index (χ4n) is 5.38. The average Bonchev–Trinajstić information content (AvgIpc) is 2.52. The molecule has 0 saturated carbocycles. The van der Waals surface area contributed by atoms with Gasteiger partial charge in [0.15, 0.2) is 0 Å². The first-order valence-electron chi connectivity index (χ1n) is 10.5. The molecule has 1 atom stereocenters. The summed E-state index contributed by atoms with van der Waals surface area (Å²) < 4.78 is 0. The maximum Gasteiger partial charge on any atom is -0.0167 e. The third-order valence-electron chi connectivity index (χ3n) is 7.18. The van der Waals surface area contributed by atoms with Gasteiger partial charge in [0.2, 0.25) is 0 Å². The molecule has 138 valence electrons. The first kappa shape index (κ1) is 19.8. The van der Waals surface area contributed by atoms with E-state index in [9.17, 15) is 0 Å². The van der Waals surface area contributed by atoms with E-state index in [1.165, 1.54) is 57.8 Å². The third-order valence-corrected chi connectivity index (χ3v) is 7.18. The molecule has 0 aliphatic heterocycles.